The molecule has 3 nitrogen and oxygen atoms in total. The molecule has 0 aliphatic heterocycles. The third kappa shape index (κ3) is 1.24. The minimum atomic E-state index is -0.402. The molecule has 0 radical (unpaired) electrons. The van der Waals surface area contributed by atoms with Gasteiger partial charge in [-0.3, -0.25) is 0 Å². The van der Waals surface area contributed by atoms with Crippen molar-refractivity contribution in [1.29, 1.82) is 0 Å². The first kappa shape index (κ1) is 9.02. The molecule has 1 heterocycles. The van der Waals surface area contributed by atoms with Crippen LogP contribution >= 0.6 is 11.6 Å². The normalized spacial score (nSPS) is 12.3. The summed E-state index contributed by atoms with van der Waals surface area (Å²) >= 11 is 5.60. The van der Waals surface area contributed by atoms with E-state index in [9.17, 15) is 4.39 Å². The van der Waals surface area contributed by atoms with Crippen molar-refractivity contribution in [3.8, 4) is 0 Å². The van der Waals surface area contributed by atoms with Crippen LogP contribution in [0.25, 0.3) is 10.9 Å². The molecule has 1 aromatic heterocycles. The lowest BCUT2D eigenvalue weighted by atomic mass is 10.2. The van der Waals surface area contributed by atoms with E-state index in [4.69, 9.17) is 16.8 Å². The van der Waals surface area contributed by atoms with Crippen molar-refractivity contribution in [2.24, 2.45) is 5.16 Å². The highest BCUT2D eigenvalue weighted by molar-refractivity contribution is 6.70. The maximum Gasteiger partial charge on any atom is 0.177 e. The molecule has 0 saturated heterocycles. The van der Waals surface area contributed by atoms with Gasteiger partial charge in [0.1, 0.15) is 5.82 Å². The average molecular weight is 213 g/mol. The SMILES string of the molecule is O/N=C(\Cl)c1c[nH]c2cccc(F)c12. The van der Waals surface area contributed by atoms with Gasteiger partial charge >= 0.3 is 0 Å². The van der Waals surface area contributed by atoms with Gasteiger partial charge in [-0.1, -0.05) is 22.8 Å². The Kier molecular flexibility index (Phi) is 2.13. The van der Waals surface area contributed by atoms with Gasteiger partial charge < -0.3 is 10.2 Å². The van der Waals surface area contributed by atoms with E-state index < -0.39 is 5.82 Å². The quantitative estimate of drug-likeness (QED) is 0.426. The first-order chi connectivity index (χ1) is 6.74. The summed E-state index contributed by atoms with van der Waals surface area (Å²) < 4.78 is 13.4. The monoisotopic (exact) mass is 212 g/mol. The highest BCUT2D eigenvalue weighted by Crippen LogP contribution is 2.22. The number of hydrogen-bond donors (Lipinski definition) is 2. The summed E-state index contributed by atoms with van der Waals surface area (Å²) in [6, 6.07) is 4.62. The molecule has 0 unspecified atom stereocenters. The topological polar surface area (TPSA) is 48.4 Å². The molecule has 0 fully saturated rings. The first-order valence-electron chi connectivity index (χ1n) is 3.87. The molecule has 5 heteroatoms. The number of hydrogen-bond acceptors (Lipinski definition) is 2. The van der Waals surface area contributed by atoms with E-state index in [-0.39, 0.29) is 5.17 Å². The molecule has 2 rings (SSSR count). The van der Waals surface area contributed by atoms with Gasteiger partial charge in [0.05, 0.1) is 0 Å². The maximum atomic E-state index is 13.4. The van der Waals surface area contributed by atoms with Gasteiger partial charge in [0.25, 0.3) is 0 Å². The molecule has 0 aliphatic carbocycles. The second kappa shape index (κ2) is 3.31. The zero-order chi connectivity index (χ0) is 10.1. The van der Waals surface area contributed by atoms with Crippen LogP contribution in [0.2, 0.25) is 0 Å². The Balaban J connectivity index is 2.80. The van der Waals surface area contributed by atoms with Crippen molar-refractivity contribution in [3.05, 3.63) is 35.8 Å². The smallest absolute Gasteiger partial charge is 0.177 e. The molecule has 0 aliphatic rings. The number of rotatable bonds is 1. The fraction of sp³-hybridized carbons (Fsp3) is 0. The van der Waals surface area contributed by atoms with E-state index in [2.05, 4.69) is 10.1 Å². The minimum absolute atomic E-state index is 0.138. The second-order valence-electron chi connectivity index (χ2n) is 2.76. The van der Waals surface area contributed by atoms with Crippen molar-refractivity contribution < 1.29 is 9.60 Å². The molecule has 0 amide bonds. The Bertz CT molecular complexity index is 506. The molecule has 14 heavy (non-hydrogen) atoms. The van der Waals surface area contributed by atoms with Crippen molar-refractivity contribution in [2.75, 3.05) is 0 Å². The third-order valence-corrected chi connectivity index (χ3v) is 2.24. The average Bonchev–Trinajstić information content (AvgIpc) is 2.62. The van der Waals surface area contributed by atoms with Crippen LogP contribution < -0.4 is 0 Å². The van der Waals surface area contributed by atoms with Crippen LogP contribution in [0.4, 0.5) is 4.39 Å². The van der Waals surface area contributed by atoms with Gasteiger partial charge in [-0.15, -0.1) is 0 Å². The highest BCUT2D eigenvalue weighted by atomic mass is 35.5. The van der Waals surface area contributed by atoms with E-state index >= 15 is 0 Å². The largest absolute Gasteiger partial charge is 0.410 e. The Labute approximate surface area is 83.8 Å². The molecule has 0 atom stereocenters. The van der Waals surface area contributed by atoms with Crippen LogP contribution in [0.5, 0.6) is 0 Å². The Morgan fingerprint density at radius 2 is 2.29 bits per heavy atom. The van der Waals surface area contributed by atoms with Crippen LogP contribution in [0.3, 0.4) is 0 Å². The van der Waals surface area contributed by atoms with E-state index in [1.54, 1.807) is 12.1 Å². The number of oxime groups is 1. The standard InChI is InChI=1S/C9H6ClFN2O/c10-9(13-14)5-4-12-7-3-1-2-6(11)8(5)7/h1-4,12,14H/b13-9-. The third-order valence-electron chi connectivity index (χ3n) is 1.97. The summed E-state index contributed by atoms with van der Waals surface area (Å²) in [4.78, 5) is 2.83. The van der Waals surface area contributed by atoms with E-state index in [1.165, 1.54) is 12.3 Å². The maximum absolute atomic E-state index is 13.4. The molecular formula is C9H6ClFN2O. The molecule has 0 bridgehead atoms. The molecule has 1 aromatic carbocycles. The Morgan fingerprint density at radius 3 is 3.00 bits per heavy atom. The van der Waals surface area contributed by atoms with E-state index in [0.29, 0.717) is 16.5 Å². The number of benzene rings is 1. The number of nitrogens with zero attached hydrogens (tertiary/aromatic N) is 1. The predicted octanol–water partition coefficient (Wildman–Crippen LogP) is 2.68. The molecule has 0 spiro atoms. The van der Waals surface area contributed by atoms with Crippen molar-refractivity contribution in [2.45, 2.75) is 0 Å². The number of nitrogens with one attached hydrogen (secondary N) is 1. The minimum Gasteiger partial charge on any atom is -0.410 e. The zero-order valence-electron chi connectivity index (χ0n) is 6.96. The summed E-state index contributed by atoms with van der Waals surface area (Å²) in [5, 5.41) is 11.5. The van der Waals surface area contributed by atoms with Crippen LogP contribution in [0.15, 0.2) is 29.6 Å². The van der Waals surface area contributed by atoms with Gasteiger partial charge in [-0.25, -0.2) is 4.39 Å². The molecule has 0 saturated carbocycles. The number of fused-ring (bicyclic) bond motifs is 1. The van der Waals surface area contributed by atoms with Crippen LogP contribution in [0, 0.1) is 5.82 Å². The number of aromatic nitrogens is 1. The van der Waals surface area contributed by atoms with Crippen LogP contribution in [0.1, 0.15) is 5.56 Å². The summed E-state index contributed by atoms with van der Waals surface area (Å²) in [6.45, 7) is 0. The Morgan fingerprint density at radius 1 is 1.50 bits per heavy atom. The number of halogens is 2. The number of H-pyrrole nitrogens is 1. The lowest BCUT2D eigenvalue weighted by Gasteiger charge is -1.95. The van der Waals surface area contributed by atoms with Gasteiger partial charge in [0.15, 0.2) is 5.17 Å². The lowest BCUT2D eigenvalue weighted by Crippen LogP contribution is -1.90. The van der Waals surface area contributed by atoms with Gasteiger partial charge in [0.2, 0.25) is 0 Å². The van der Waals surface area contributed by atoms with Crippen molar-refractivity contribution >= 4 is 27.7 Å². The van der Waals surface area contributed by atoms with Crippen LogP contribution in [-0.2, 0) is 0 Å². The van der Waals surface area contributed by atoms with E-state index in [0.717, 1.165) is 0 Å². The summed E-state index contributed by atoms with van der Waals surface area (Å²) in [7, 11) is 0. The highest BCUT2D eigenvalue weighted by Gasteiger charge is 2.11. The van der Waals surface area contributed by atoms with Gasteiger partial charge in [-0.2, -0.15) is 0 Å². The molecular weight excluding hydrogens is 207 g/mol. The molecule has 2 N–H and O–H groups in total. The number of aromatic amines is 1. The fourth-order valence-corrected chi connectivity index (χ4v) is 1.51. The molecule has 72 valence electrons. The summed E-state index contributed by atoms with van der Waals surface area (Å²) in [6.07, 6.45) is 1.50. The van der Waals surface area contributed by atoms with Crippen LogP contribution in [-0.4, -0.2) is 15.4 Å². The summed E-state index contributed by atoms with van der Waals surface area (Å²) in [5.74, 6) is -0.402. The zero-order valence-corrected chi connectivity index (χ0v) is 7.72. The Hall–Kier alpha value is -1.55. The fourth-order valence-electron chi connectivity index (χ4n) is 1.36. The predicted molar refractivity (Wildman–Crippen MR) is 52.4 cm³/mol. The second-order valence-corrected chi connectivity index (χ2v) is 3.11. The van der Waals surface area contributed by atoms with E-state index in [1.807, 2.05) is 0 Å². The van der Waals surface area contributed by atoms with Gasteiger partial charge in [0, 0.05) is 22.7 Å². The van der Waals surface area contributed by atoms with Gasteiger partial charge in [-0.05, 0) is 12.1 Å². The van der Waals surface area contributed by atoms with Crippen molar-refractivity contribution in [3.63, 3.8) is 0 Å². The first-order valence-corrected chi connectivity index (χ1v) is 4.25. The van der Waals surface area contributed by atoms with Crippen molar-refractivity contribution in [1.82, 2.24) is 4.98 Å². The summed E-state index contributed by atoms with van der Waals surface area (Å²) in [5.41, 5.74) is 0.962. The lowest BCUT2D eigenvalue weighted by molar-refractivity contribution is 0.321. The molecule has 2 aromatic rings.